The van der Waals surface area contributed by atoms with E-state index in [-0.39, 0.29) is 45.7 Å². The van der Waals surface area contributed by atoms with Crippen LogP contribution in [0.15, 0.2) is 0 Å². The molecular weight excluding hydrogens is 298 g/mol. The van der Waals surface area contributed by atoms with Gasteiger partial charge in [-0.2, -0.15) is 0 Å². The zero-order valence-electron chi connectivity index (χ0n) is 13.3. The van der Waals surface area contributed by atoms with E-state index in [0.29, 0.717) is 26.1 Å². The van der Waals surface area contributed by atoms with Crippen LogP contribution in [0.3, 0.4) is 0 Å². The van der Waals surface area contributed by atoms with E-state index in [1.165, 1.54) is 0 Å². The first-order valence-electron chi connectivity index (χ1n) is 7.16. The van der Waals surface area contributed by atoms with Crippen LogP contribution in [0.5, 0.6) is 0 Å². The third-order valence-corrected chi connectivity index (χ3v) is 2.22. The molecule has 0 aliphatic heterocycles. The molecule has 0 radical (unpaired) electrons. The molecule has 0 spiro atoms. The van der Waals surface area contributed by atoms with Crippen molar-refractivity contribution in [3.63, 3.8) is 0 Å². The number of hydrogen-bond donors (Lipinski definition) is 8. The summed E-state index contributed by atoms with van der Waals surface area (Å²) in [6.07, 6.45) is -0.819. The number of hydrogen-bond acceptors (Lipinski definition) is 9. The standard InChI is InChI=1S/C6H15NO3.C4H10O2.C3H8O3/c8-4-1-7(2-5-9)3-6-10;1-4(6)2-3-5;4-1-3(6)2-5/h8-10H,1-6H2;4-6H,2-3H2,1H3;3-6H,1-2H2. The summed E-state index contributed by atoms with van der Waals surface area (Å²) in [6, 6.07) is 0. The third-order valence-electron chi connectivity index (χ3n) is 2.22. The van der Waals surface area contributed by atoms with Crippen LogP contribution < -0.4 is 0 Å². The molecule has 22 heavy (non-hydrogen) atoms. The predicted molar refractivity (Wildman–Crippen MR) is 81.3 cm³/mol. The number of rotatable bonds is 10. The molecule has 0 aromatic heterocycles. The monoisotopic (exact) mass is 331 g/mol. The van der Waals surface area contributed by atoms with Crippen molar-refractivity contribution in [2.24, 2.45) is 0 Å². The molecule has 0 fully saturated rings. The molecule has 0 aliphatic carbocycles. The highest BCUT2D eigenvalue weighted by Crippen LogP contribution is 1.84. The molecule has 0 rings (SSSR count). The van der Waals surface area contributed by atoms with Crippen LogP contribution in [0.4, 0.5) is 0 Å². The Labute approximate surface area is 131 Å². The van der Waals surface area contributed by atoms with Crippen LogP contribution in [0, 0.1) is 0 Å². The van der Waals surface area contributed by atoms with E-state index in [2.05, 4.69) is 0 Å². The summed E-state index contributed by atoms with van der Waals surface area (Å²) in [5.41, 5.74) is 0. The molecule has 1 atom stereocenters. The van der Waals surface area contributed by atoms with Crippen molar-refractivity contribution in [1.29, 1.82) is 0 Å². The van der Waals surface area contributed by atoms with E-state index in [9.17, 15) is 0 Å². The van der Waals surface area contributed by atoms with Gasteiger partial charge in [0.1, 0.15) is 6.10 Å². The van der Waals surface area contributed by atoms with Gasteiger partial charge in [0.2, 0.25) is 0 Å². The molecule has 0 aromatic carbocycles. The van der Waals surface area contributed by atoms with Gasteiger partial charge in [-0.15, -0.1) is 0 Å². The summed E-state index contributed by atoms with van der Waals surface area (Å²) in [5.74, 6) is 0. The van der Waals surface area contributed by atoms with Crippen LogP contribution in [-0.4, -0.2) is 117 Å². The quantitative estimate of drug-likeness (QED) is 0.201. The molecule has 9 nitrogen and oxygen atoms in total. The molecule has 1 unspecified atom stereocenters. The van der Waals surface area contributed by atoms with Gasteiger partial charge in [-0.25, -0.2) is 0 Å². The van der Waals surface area contributed by atoms with Crippen LogP contribution in [0.2, 0.25) is 0 Å². The maximum absolute atomic E-state index is 8.48. The molecule has 0 aromatic rings. The normalized spacial score (nSPS) is 11.6. The summed E-state index contributed by atoms with van der Waals surface area (Å²) in [6.45, 7) is 2.75. The molecular formula is C13H33NO8. The molecule has 9 heteroatoms. The largest absolute Gasteiger partial charge is 0.396 e. The summed E-state index contributed by atoms with van der Waals surface area (Å²) in [4.78, 5) is 1.79. The summed E-state index contributed by atoms with van der Waals surface area (Å²) in [7, 11) is 0. The second-order valence-electron chi connectivity index (χ2n) is 4.39. The van der Waals surface area contributed by atoms with Crippen molar-refractivity contribution in [3.8, 4) is 0 Å². The Morgan fingerprint density at radius 3 is 1.14 bits per heavy atom. The minimum Gasteiger partial charge on any atom is -0.396 e. The van der Waals surface area contributed by atoms with E-state index in [4.69, 9.17) is 40.9 Å². The van der Waals surface area contributed by atoms with Crippen molar-refractivity contribution in [3.05, 3.63) is 0 Å². The molecule has 0 amide bonds. The lowest BCUT2D eigenvalue weighted by molar-refractivity contribution is 0.0450. The second-order valence-corrected chi connectivity index (χ2v) is 4.39. The first-order valence-corrected chi connectivity index (χ1v) is 7.16. The van der Waals surface area contributed by atoms with Gasteiger partial charge in [-0.1, -0.05) is 0 Å². The van der Waals surface area contributed by atoms with Crippen molar-refractivity contribution >= 4 is 0 Å². The van der Waals surface area contributed by atoms with Crippen molar-refractivity contribution in [2.45, 2.75) is 25.6 Å². The molecule has 0 heterocycles. The van der Waals surface area contributed by atoms with E-state index >= 15 is 0 Å². The smallest absolute Gasteiger partial charge is 0.100 e. The van der Waals surface area contributed by atoms with Crippen LogP contribution in [0.25, 0.3) is 0 Å². The van der Waals surface area contributed by atoms with Crippen LogP contribution in [0.1, 0.15) is 13.3 Å². The van der Waals surface area contributed by atoms with Gasteiger partial charge in [0.05, 0.1) is 39.1 Å². The van der Waals surface area contributed by atoms with Gasteiger partial charge in [-0.05, 0) is 13.3 Å². The average molecular weight is 331 g/mol. The second kappa shape index (κ2) is 22.9. The van der Waals surface area contributed by atoms with Gasteiger partial charge in [0.15, 0.2) is 0 Å². The number of aliphatic hydroxyl groups is 8. The summed E-state index contributed by atoms with van der Waals surface area (Å²) < 4.78 is 0. The average Bonchev–Trinajstić information content (AvgIpc) is 2.48. The molecule has 8 N–H and O–H groups in total. The Kier molecular flexibility index (Phi) is 27.6. The predicted octanol–water partition coefficient (Wildman–Crippen LogP) is -3.65. The Bertz CT molecular complexity index is 167. The maximum Gasteiger partial charge on any atom is 0.100 e. The van der Waals surface area contributed by atoms with Crippen molar-refractivity contribution in [2.75, 3.05) is 59.3 Å². The first-order chi connectivity index (χ1) is 10.4. The minimum absolute atomic E-state index is 0.0694. The molecule has 0 saturated carbocycles. The van der Waals surface area contributed by atoms with Crippen molar-refractivity contribution in [1.82, 2.24) is 4.90 Å². The van der Waals surface area contributed by atoms with E-state index < -0.39 is 6.10 Å². The van der Waals surface area contributed by atoms with E-state index in [0.717, 1.165) is 0 Å². The molecule has 138 valence electrons. The fourth-order valence-corrected chi connectivity index (χ4v) is 1.00. The highest BCUT2D eigenvalue weighted by molar-refractivity contribution is 4.54. The maximum atomic E-state index is 8.48. The van der Waals surface area contributed by atoms with Crippen LogP contribution in [-0.2, 0) is 0 Å². The zero-order chi connectivity index (χ0) is 17.8. The Hall–Kier alpha value is -0.360. The fraction of sp³-hybridized carbons (Fsp3) is 1.00. The third kappa shape index (κ3) is 27.9. The van der Waals surface area contributed by atoms with E-state index in [1.54, 1.807) is 11.8 Å². The minimum atomic E-state index is -0.954. The number of nitrogens with zero attached hydrogens (tertiary/aromatic N) is 1. The topological polar surface area (TPSA) is 165 Å². The lowest BCUT2D eigenvalue weighted by atomic mass is 10.3. The van der Waals surface area contributed by atoms with Crippen molar-refractivity contribution < 1.29 is 40.9 Å². The van der Waals surface area contributed by atoms with Crippen LogP contribution >= 0.6 is 0 Å². The fourth-order valence-electron chi connectivity index (χ4n) is 1.00. The lowest BCUT2D eigenvalue weighted by Gasteiger charge is -2.17. The molecule has 0 aliphatic rings. The highest BCUT2D eigenvalue weighted by Gasteiger charge is 2.00. The Balaban J connectivity index is -0.000000261. The zero-order valence-corrected chi connectivity index (χ0v) is 13.3. The first kappa shape index (κ1) is 26.5. The van der Waals surface area contributed by atoms with Gasteiger partial charge in [0.25, 0.3) is 0 Å². The van der Waals surface area contributed by atoms with E-state index in [1.807, 2.05) is 0 Å². The Morgan fingerprint density at radius 2 is 1.05 bits per heavy atom. The summed E-state index contributed by atoms with van der Waals surface area (Å²) >= 11 is 0. The Morgan fingerprint density at radius 1 is 0.682 bits per heavy atom. The highest BCUT2D eigenvalue weighted by atomic mass is 16.3. The van der Waals surface area contributed by atoms with Gasteiger partial charge >= 0.3 is 0 Å². The van der Waals surface area contributed by atoms with Gasteiger partial charge in [0, 0.05) is 26.2 Å². The van der Waals surface area contributed by atoms with Gasteiger partial charge < -0.3 is 40.9 Å². The SMILES string of the molecule is CC(O)CCO.OCC(O)CO.OCCN(CCO)CCO. The number of aliphatic hydroxyl groups excluding tert-OH is 8. The summed E-state index contributed by atoms with van der Waals surface area (Å²) in [5, 5.41) is 65.9. The van der Waals surface area contributed by atoms with Gasteiger partial charge in [-0.3, -0.25) is 4.90 Å². The lowest BCUT2D eigenvalue weighted by Crippen LogP contribution is -2.32. The molecule has 0 bridgehead atoms. The molecule has 0 saturated heterocycles.